The maximum atomic E-state index is 12.9. The second-order valence-electron chi connectivity index (χ2n) is 4.91. The number of hydrogen-bond donors (Lipinski definition) is 2. The molecule has 0 atom stereocenters. The summed E-state index contributed by atoms with van der Waals surface area (Å²) in [7, 11) is 0. The summed E-state index contributed by atoms with van der Waals surface area (Å²) in [5.74, 6) is -2.03. The van der Waals surface area contributed by atoms with Crippen LogP contribution in [-0.4, -0.2) is 19.0 Å². The molecule has 2 rings (SSSR count). The highest BCUT2D eigenvalue weighted by atomic mass is 19.2. The Kier molecular flexibility index (Phi) is 3.61. The molecule has 5 heteroatoms. The number of halogens is 2. The molecule has 1 fully saturated rings. The Morgan fingerprint density at radius 2 is 2.06 bits per heavy atom. The van der Waals surface area contributed by atoms with Gasteiger partial charge in [-0.15, -0.1) is 0 Å². The van der Waals surface area contributed by atoms with E-state index in [1.54, 1.807) is 0 Å². The molecule has 1 aromatic carbocycles. The van der Waals surface area contributed by atoms with Gasteiger partial charge in [0, 0.05) is 6.54 Å². The van der Waals surface area contributed by atoms with Crippen LogP contribution in [0.5, 0.6) is 0 Å². The quantitative estimate of drug-likeness (QED) is 0.833. The lowest BCUT2D eigenvalue weighted by Crippen LogP contribution is -2.34. The molecule has 0 aromatic heterocycles. The van der Waals surface area contributed by atoms with Crippen LogP contribution in [0.25, 0.3) is 0 Å². The molecule has 0 saturated heterocycles. The number of carbonyl (C=O) groups excluding carboxylic acids is 1. The fraction of sp³-hybridized carbons (Fsp3) is 0.462. The first-order valence-electron chi connectivity index (χ1n) is 5.95. The molecule has 0 heterocycles. The van der Waals surface area contributed by atoms with Crippen molar-refractivity contribution in [3.05, 3.63) is 35.4 Å². The molecule has 0 radical (unpaired) electrons. The molecule has 1 aliphatic rings. The molecule has 3 nitrogen and oxygen atoms in total. The van der Waals surface area contributed by atoms with Crippen LogP contribution in [0, 0.1) is 17.0 Å². The fourth-order valence-electron chi connectivity index (χ4n) is 1.81. The highest BCUT2D eigenvalue weighted by Gasteiger charge is 2.41. The first-order valence-corrected chi connectivity index (χ1v) is 5.95. The second kappa shape index (κ2) is 5.02. The smallest absolute Gasteiger partial charge is 0.224 e. The number of nitrogens with one attached hydrogen (secondary N) is 1. The van der Waals surface area contributed by atoms with E-state index in [1.165, 1.54) is 6.07 Å². The first-order chi connectivity index (χ1) is 8.54. The van der Waals surface area contributed by atoms with Crippen molar-refractivity contribution < 1.29 is 13.6 Å². The summed E-state index contributed by atoms with van der Waals surface area (Å²) in [5, 5.41) is 2.78. The fourth-order valence-corrected chi connectivity index (χ4v) is 1.81. The Balaban J connectivity index is 1.85. The lowest BCUT2D eigenvalue weighted by molar-refractivity contribution is -0.120. The van der Waals surface area contributed by atoms with Gasteiger partial charge in [0.25, 0.3) is 0 Å². The van der Waals surface area contributed by atoms with Crippen molar-refractivity contribution in [2.24, 2.45) is 11.1 Å². The Morgan fingerprint density at radius 3 is 2.61 bits per heavy atom. The molecule has 0 aliphatic heterocycles. The molecule has 1 amide bonds. The first kappa shape index (κ1) is 13.0. The van der Waals surface area contributed by atoms with Crippen LogP contribution in [-0.2, 0) is 11.2 Å². The molecule has 1 saturated carbocycles. The van der Waals surface area contributed by atoms with Gasteiger partial charge < -0.3 is 11.1 Å². The Labute approximate surface area is 104 Å². The van der Waals surface area contributed by atoms with E-state index in [4.69, 9.17) is 5.73 Å². The predicted molar refractivity (Wildman–Crippen MR) is 63.8 cm³/mol. The van der Waals surface area contributed by atoms with Gasteiger partial charge in [-0.05, 0) is 42.5 Å². The van der Waals surface area contributed by atoms with Gasteiger partial charge in [0.05, 0.1) is 6.42 Å². The predicted octanol–water partition coefficient (Wildman–Crippen LogP) is 1.36. The largest absolute Gasteiger partial charge is 0.355 e. The molecule has 1 aromatic rings. The second-order valence-corrected chi connectivity index (χ2v) is 4.91. The molecular weight excluding hydrogens is 238 g/mol. The summed E-state index contributed by atoms with van der Waals surface area (Å²) < 4.78 is 25.7. The van der Waals surface area contributed by atoms with Crippen LogP contribution in [0.2, 0.25) is 0 Å². The van der Waals surface area contributed by atoms with Crippen molar-refractivity contribution in [2.45, 2.75) is 19.3 Å². The minimum absolute atomic E-state index is 0.0534. The number of amides is 1. The minimum atomic E-state index is -0.930. The van der Waals surface area contributed by atoms with Gasteiger partial charge in [-0.2, -0.15) is 0 Å². The zero-order valence-electron chi connectivity index (χ0n) is 10.0. The topological polar surface area (TPSA) is 55.1 Å². The van der Waals surface area contributed by atoms with Crippen LogP contribution in [0.15, 0.2) is 18.2 Å². The third-order valence-corrected chi connectivity index (χ3v) is 3.40. The van der Waals surface area contributed by atoms with E-state index in [1.807, 2.05) is 0 Å². The molecule has 1 aliphatic carbocycles. The van der Waals surface area contributed by atoms with Crippen molar-refractivity contribution in [1.29, 1.82) is 0 Å². The molecule has 3 N–H and O–H groups in total. The third kappa shape index (κ3) is 3.04. The highest BCUT2D eigenvalue weighted by Crippen LogP contribution is 2.43. The average Bonchev–Trinajstić information content (AvgIpc) is 3.12. The van der Waals surface area contributed by atoms with Crippen molar-refractivity contribution in [2.75, 3.05) is 13.1 Å². The standard InChI is InChI=1S/C13H16F2N2O/c14-10-2-1-9(5-11(10)15)6-12(18)17-8-13(7-16)3-4-13/h1-2,5H,3-4,6-8,16H2,(H,17,18). The Morgan fingerprint density at radius 1 is 1.33 bits per heavy atom. The minimum Gasteiger partial charge on any atom is -0.355 e. The monoisotopic (exact) mass is 254 g/mol. The Bertz CT molecular complexity index is 458. The lowest BCUT2D eigenvalue weighted by atomic mass is 10.1. The van der Waals surface area contributed by atoms with Crippen LogP contribution in [0.3, 0.4) is 0 Å². The van der Waals surface area contributed by atoms with Crippen LogP contribution in [0.4, 0.5) is 8.78 Å². The summed E-state index contributed by atoms with van der Waals surface area (Å²) >= 11 is 0. The highest BCUT2D eigenvalue weighted by molar-refractivity contribution is 5.78. The number of carbonyl (C=O) groups is 1. The number of rotatable bonds is 5. The van der Waals surface area contributed by atoms with Gasteiger partial charge in [-0.3, -0.25) is 4.79 Å². The lowest BCUT2D eigenvalue weighted by Gasteiger charge is -2.13. The van der Waals surface area contributed by atoms with Crippen molar-refractivity contribution in [3.63, 3.8) is 0 Å². The molecule has 0 bridgehead atoms. The average molecular weight is 254 g/mol. The summed E-state index contributed by atoms with van der Waals surface area (Å²) in [6.07, 6.45) is 2.13. The van der Waals surface area contributed by atoms with E-state index in [0.717, 1.165) is 25.0 Å². The van der Waals surface area contributed by atoms with Crippen LogP contribution in [0.1, 0.15) is 18.4 Å². The van der Waals surface area contributed by atoms with Gasteiger partial charge >= 0.3 is 0 Å². The maximum Gasteiger partial charge on any atom is 0.224 e. The summed E-state index contributed by atoms with van der Waals surface area (Å²) in [6.45, 7) is 1.13. The summed E-state index contributed by atoms with van der Waals surface area (Å²) in [4.78, 5) is 11.6. The molecule has 0 unspecified atom stereocenters. The normalized spacial score (nSPS) is 16.4. The van der Waals surface area contributed by atoms with E-state index in [2.05, 4.69) is 5.32 Å². The van der Waals surface area contributed by atoms with Crippen molar-refractivity contribution >= 4 is 5.91 Å². The number of nitrogens with two attached hydrogens (primary N) is 1. The van der Waals surface area contributed by atoms with Crippen molar-refractivity contribution in [3.8, 4) is 0 Å². The molecular formula is C13H16F2N2O. The molecule has 0 spiro atoms. The Hall–Kier alpha value is -1.49. The van der Waals surface area contributed by atoms with Gasteiger partial charge in [0.15, 0.2) is 11.6 Å². The summed E-state index contributed by atoms with van der Waals surface area (Å²) in [6, 6.07) is 3.48. The van der Waals surface area contributed by atoms with E-state index >= 15 is 0 Å². The SMILES string of the molecule is NCC1(CNC(=O)Cc2ccc(F)c(F)c2)CC1. The van der Waals surface area contributed by atoms with Crippen molar-refractivity contribution in [1.82, 2.24) is 5.32 Å². The zero-order chi connectivity index (χ0) is 13.2. The van der Waals surface area contributed by atoms with Crippen LogP contribution >= 0.6 is 0 Å². The number of hydrogen-bond acceptors (Lipinski definition) is 2. The van der Waals surface area contributed by atoms with Gasteiger partial charge in [0.1, 0.15) is 0 Å². The molecule has 98 valence electrons. The van der Waals surface area contributed by atoms with E-state index in [9.17, 15) is 13.6 Å². The number of benzene rings is 1. The zero-order valence-corrected chi connectivity index (χ0v) is 10.0. The van der Waals surface area contributed by atoms with Gasteiger partial charge in [0.2, 0.25) is 5.91 Å². The molecule has 18 heavy (non-hydrogen) atoms. The van der Waals surface area contributed by atoms with E-state index < -0.39 is 11.6 Å². The van der Waals surface area contributed by atoms with Crippen LogP contribution < -0.4 is 11.1 Å². The third-order valence-electron chi connectivity index (χ3n) is 3.40. The maximum absolute atomic E-state index is 12.9. The van der Waals surface area contributed by atoms with Gasteiger partial charge in [-0.25, -0.2) is 8.78 Å². The van der Waals surface area contributed by atoms with E-state index in [-0.39, 0.29) is 17.7 Å². The van der Waals surface area contributed by atoms with E-state index in [0.29, 0.717) is 18.7 Å². The summed E-state index contributed by atoms with van der Waals surface area (Å²) in [5.41, 5.74) is 6.14. The van der Waals surface area contributed by atoms with Gasteiger partial charge in [-0.1, -0.05) is 6.07 Å².